The maximum absolute atomic E-state index is 12.3. The van der Waals surface area contributed by atoms with Crippen molar-refractivity contribution in [1.82, 2.24) is 20.5 Å². The van der Waals surface area contributed by atoms with E-state index in [1.807, 2.05) is 58.2 Å². The maximum atomic E-state index is 12.3. The van der Waals surface area contributed by atoms with E-state index in [9.17, 15) is 4.79 Å². The fraction of sp³-hybridized carbons (Fsp3) is 0.421. The molecule has 0 unspecified atom stereocenters. The zero-order valence-electron chi connectivity index (χ0n) is 15.9. The van der Waals surface area contributed by atoms with Gasteiger partial charge < -0.3 is 19.5 Å². The van der Waals surface area contributed by atoms with Gasteiger partial charge in [-0.25, -0.2) is 4.79 Å². The van der Waals surface area contributed by atoms with Crippen LogP contribution in [0, 0.1) is 0 Å². The average molecular weight is 388 g/mol. The van der Waals surface area contributed by atoms with Crippen LogP contribution in [0.3, 0.4) is 0 Å². The second kappa shape index (κ2) is 8.04. The first-order chi connectivity index (χ1) is 12.9. The van der Waals surface area contributed by atoms with Crippen LogP contribution in [0.15, 0.2) is 40.1 Å². The first kappa shape index (κ1) is 19.3. The third-order valence-corrected chi connectivity index (χ3v) is 4.48. The molecule has 0 spiro atoms. The molecule has 0 fully saturated rings. The fourth-order valence-electron chi connectivity index (χ4n) is 2.71. The van der Waals surface area contributed by atoms with E-state index in [1.165, 1.54) is 11.8 Å². The van der Waals surface area contributed by atoms with Crippen molar-refractivity contribution in [2.24, 2.45) is 0 Å². The summed E-state index contributed by atoms with van der Waals surface area (Å²) in [5, 5.41) is 12.6. The van der Waals surface area contributed by atoms with Gasteiger partial charge >= 0.3 is 6.09 Å². The van der Waals surface area contributed by atoms with Crippen LogP contribution in [0.5, 0.6) is 0 Å². The molecule has 0 radical (unpaired) electrons. The van der Waals surface area contributed by atoms with E-state index in [0.29, 0.717) is 17.5 Å². The Kier molecular flexibility index (Phi) is 5.74. The van der Waals surface area contributed by atoms with Crippen LogP contribution >= 0.6 is 11.8 Å². The molecule has 8 heteroatoms. The summed E-state index contributed by atoms with van der Waals surface area (Å²) in [6, 6.07) is 7.53. The Morgan fingerprint density at radius 2 is 2.11 bits per heavy atom. The van der Waals surface area contributed by atoms with E-state index >= 15 is 0 Å². The molecule has 7 nitrogen and oxygen atoms in total. The Morgan fingerprint density at radius 3 is 2.85 bits per heavy atom. The highest BCUT2D eigenvalue weighted by Crippen LogP contribution is 2.26. The molecule has 144 valence electrons. The number of nitrogens with zero attached hydrogens (tertiary/aromatic N) is 2. The number of para-hydroxylation sites is 1. The standard InChI is InChI=1S/C19H24N4O3S/c1-5-27-18-23-22-16(25-18)15(21-17(24)26-19(2,3)4)10-12-11-20-14-9-7-6-8-13(12)14/h6-9,11,15,20H,5,10H2,1-4H3,(H,21,24)/t15-/m1/s1. The molecule has 0 saturated heterocycles. The summed E-state index contributed by atoms with van der Waals surface area (Å²) >= 11 is 1.46. The minimum absolute atomic E-state index is 0.363. The lowest BCUT2D eigenvalue weighted by Gasteiger charge is -2.22. The lowest BCUT2D eigenvalue weighted by Crippen LogP contribution is -2.36. The molecule has 2 N–H and O–H groups in total. The number of hydrogen-bond donors (Lipinski definition) is 2. The van der Waals surface area contributed by atoms with E-state index in [2.05, 4.69) is 20.5 Å². The van der Waals surface area contributed by atoms with Gasteiger partial charge in [-0.2, -0.15) is 0 Å². The van der Waals surface area contributed by atoms with Gasteiger partial charge in [-0.1, -0.05) is 36.9 Å². The molecule has 0 aliphatic heterocycles. The predicted molar refractivity (Wildman–Crippen MR) is 105 cm³/mol. The van der Waals surface area contributed by atoms with Crippen LogP contribution in [0.1, 0.15) is 45.2 Å². The number of aromatic nitrogens is 3. The monoisotopic (exact) mass is 388 g/mol. The van der Waals surface area contributed by atoms with Crippen molar-refractivity contribution >= 4 is 28.8 Å². The van der Waals surface area contributed by atoms with Crippen molar-refractivity contribution in [2.45, 2.75) is 51.0 Å². The molecule has 0 aliphatic carbocycles. The lowest BCUT2D eigenvalue weighted by molar-refractivity contribution is 0.0494. The van der Waals surface area contributed by atoms with Crippen molar-refractivity contribution < 1.29 is 13.9 Å². The highest BCUT2D eigenvalue weighted by atomic mass is 32.2. The Balaban J connectivity index is 1.85. The molecule has 0 aliphatic rings. The third kappa shape index (κ3) is 5.03. The molecule has 2 heterocycles. The van der Waals surface area contributed by atoms with Crippen molar-refractivity contribution in [3.63, 3.8) is 0 Å². The zero-order valence-corrected chi connectivity index (χ0v) is 16.7. The molecule has 27 heavy (non-hydrogen) atoms. The Morgan fingerprint density at radius 1 is 1.33 bits per heavy atom. The summed E-state index contributed by atoms with van der Waals surface area (Å²) in [4.78, 5) is 15.6. The van der Waals surface area contributed by atoms with Crippen molar-refractivity contribution in [3.8, 4) is 0 Å². The number of carbonyl (C=O) groups excluding carboxylic acids is 1. The number of hydrogen-bond acceptors (Lipinski definition) is 6. The summed E-state index contributed by atoms with van der Waals surface area (Å²) in [5.74, 6) is 1.19. The molecule has 3 rings (SSSR count). The molecule has 1 aromatic carbocycles. The number of carbonyl (C=O) groups is 1. The van der Waals surface area contributed by atoms with Crippen molar-refractivity contribution in [1.29, 1.82) is 0 Å². The van der Waals surface area contributed by atoms with E-state index in [-0.39, 0.29) is 0 Å². The number of ether oxygens (including phenoxy) is 1. The largest absolute Gasteiger partial charge is 0.444 e. The Bertz CT molecular complexity index is 913. The number of alkyl carbamates (subject to hydrolysis) is 1. The van der Waals surface area contributed by atoms with Crippen LogP contribution in [0.2, 0.25) is 0 Å². The van der Waals surface area contributed by atoms with Crippen LogP contribution in [-0.2, 0) is 11.2 Å². The summed E-state index contributed by atoms with van der Waals surface area (Å²) in [6.45, 7) is 7.48. The van der Waals surface area contributed by atoms with E-state index in [4.69, 9.17) is 9.15 Å². The number of amides is 1. The second-order valence-electron chi connectivity index (χ2n) is 7.10. The molecule has 1 atom stereocenters. The summed E-state index contributed by atoms with van der Waals surface area (Å²) in [7, 11) is 0. The summed E-state index contributed by atoms with van der Waals surface area (Å²) in [5.41, 5.74) is 1.50. The van der Waals surface area contributed by atoms with Crippen LogP contribution < -0.4 is 5.32 Å². The van der Waals surface area contributed by atoms with Gasteiger partial charge in [0, 0.05) is 23.5 Å². The van der Waals surface area contributed by atoms with E-state index < -0.39 is 17.7 Å². The first-order valence-corrected chi connectivity index (χ1v) is 9.85. The van der Waals surface area contributed by atoms with Gasteiger partial charge in [0.25, 0.3) is 5.22 Å². The molecular formula is C19H24N4O3S. The molecule has 0 bridgehead atoms. The molecule has 0 saturated carbocycles. The van der Waals surface area contributed by atoms with Gasteiger partial charge in [0.15, 0.2) is 0 Å². The summed E-state index contributed by atoms with van der Waals surface area (Å²) < 4.78 is 11.1. The first-order valence-electron chi connectivity index (χ1n) is 8.86. The minimum atomic E-state index is -0.590. The molecule has 3 aromatic rings. The molecule has 1 amide bonds. The highest BCUT2D eigenvalue weighted by molar-refractivity contribution is 7.99. The smallest absolute Gasteiger partial charge is 0.408 e. The second-order valence-corrected chi connectivity index (χ2v) is 8.32. The van der Waals surface area contributed by atoms with E-state index in [0.717, 1.165) is 22.2 Å². The molecule has 2 aromatic heterocycles. The van der Waals surface area contributed by atoms with Gasteiger partial charge in [-0.05, 0) is 38.2 Å². The van der Waals surface area contributed by atoms with Gasteiger partial charge in [-0.3, -0.25) is 0 Å². The van der Waals surface area contributed by atoms with Crippen molar-refractivity contribution in [2.75, 3.05) is 5.75 Å². The number of fused-ring (bicyclic) bond motifs is 1. The number of nitrogens with one attached hydrogen (secondary N) is 2. The van der Waals surface area contributed by atoms with Crippen LogP contribution in [-0.4, -0.2) is 32.6 Å². The number of aromatic amines is 1. The van der Waals surface area contributed by atoms with Gasteiger partial charge in [0.1, 0.15) is 11.6 Å². The Labute approximate surface area is 162 Å². The van der Waals surface area contributed by atoms with Crippen LogP contribution in [0.25, 0.3) is 10.9 Å². The highest BCUT2D eigenvalue weighted by Gasteiger charge is 2.25. The number of rotatable bonds is 6. The number of thioether (sulfide) groups is 1. The SMILES string of the molecule is CCSc1nnc([C@@H](Cc2c[nH]c3ccccc23)NC(=O)OC(C)(C)C)o1. The number of H-pyrrole nitrogens is 1. The van der Waals surface area contributed by atoms with Crippen LogP contribution in [0.4, 0.5) is 4.79 Å². The fourth-order valence-corrected chi connectivity index (χ4v) is 3.20. The average Bonchev–Trinajstić information content (AvgIpc) is 3.20. The van der Waals surface area contributed by atoms with E-state index in [1.54, 1.807) is 0 Å². The van der Waals surface area contributed by atoms with Gasteiger partial charge in [0.05, 0.1) is 0 Å². The minimum Gasteiger partial charge on any atom is -0.444 e. The maximum Gasteiger partial charge on any atom is 0.408 e. The normalized spacial score (nSPS) is 12.9. The quantitative estimate of drug-likeness (QED) is 0.605. The zero-order chi connectivity index (χ0) is 19.4. The van der Waals surface area contributed by atoms with Gasteiger partial charge in [0.2, 0.25) is 5.89 Å². The topological polar surface area (TPSA) is 93.0 Å². The van der Waals surface area contributed by atoms with Gasteiger partial charge in [-0.15, -0.1) is 10.2 Å². The summed E-state index contributed by atoms with van der Waals surface area (Å²) in [6.07, 6.45) is 1.92. The third-order valence-electron chi connectivity index (χ3n) is 3.78. The lowest BCUT2D eigenvalue weighted by atomic mass is 10.1. The predicted octanol–water partition coefficient (Wildman–Crippen LogP) is 4.47. The number of benzene rings is 1. The van der Waals surface area contributed by atoms with Crippen molar-refractivity contribution in [3.05, 3.63) is 41.9 Å². The molecular weight excluding hydrogens is 364 g/mol. The Hall–Kier alpha value is -2.48.